The number of hydrogen-bond donors (Lipinski definition) is 11. The van der Waals surface area contributed by atoms with E-state index in [1.165, 1.54) is 39.6 Å². The van der Waals surface area contributed by atoms with E-state index in [0.29, 0.717) is 0 Å². The molecule has 0 saturated carbocycles. The van der Waals surface area contributed by atoms with Gasteiger partial charge >= 0.3 is 29.2 Å². The number of aromatic amines is 3. The first-order chi connectivity index (χ1) is 38.9. The molecule has 14 N–H and O–H groups in total. The second kappa shape index (κ2) is 22.2. The summed E-state index contributed by atoms with van der Waals surface area (Å²) in [4.78, 5) is 119. The number of nitrogen functional groups attached to an aromatic ring is 3. The number of phosphoric ester groups is 3. The Bertz CT molecular complexity index is 3960. The molecule has 42 heteroatoms. The number of anilines is 3. The number of hydrogen-bond acceptors (Lipinski definition) is 29. The molecular weight excluding hydrogens is 1160 g/mol. The van der Waals surface area contributed by atoms with Gasteiger partial charge in [-0.25, -0.2) is 43.4 Å². The number of ether oxygens (including phenoxy) is 4. The highest BCUT2D eigenvalue weighted by Crippen LogP contribution is 2.54. The average Bonchev–Trinajstić information content (AvgIpc) is 4.49. The van der Waals surface area contributed by atoms with Crippen molar-refractivity contribution in [3.63, 3.8) is 0 Å². The van der Waals surface area contributed by atoms with E-state index in [9.17, 15) is 57.8 Å². The number of nitrogens with two attached hydrogens (primary N) is 3. The minimum absolute atomic E-state index is 0.000586. The van der Waals surface area contributed by atoms with E-state index in [2.05, 4.69) is 49.8 Å². The van der Waals surface area contributed by atoms with Crippen LogP contribution in [-0.2, 0) is 59.8 Å². The molecule has 4 saturated heterocycles. The summed E-state index contributed by atoms with van der Waals surface area (Å²) in [6.07, 6.45) is -11.0. The van der Waals surface area contributed by atoms with E-state index in [1.54, 1.807) is 0 Å². The predicted molar refractivity (Wildman–Crippen MR) is 270 cm³/mol. The second-order valence-electron chi connectivity index (χ2n) is 19.0. The van der Waals surface area contributed by atoms with Crippen molar-refractivity contribution in [3.8, 4) is 0 Å². The fourth-order valence-corrected chi connectivity index (χ4v) is 12.6. The fourth-order valence-electron chi connectivity index (χ4n) is 9.74. The summed E-state index contributed by atoms with van der Waals surface area (Å²) < 4.78 is 103. The molecule has 11 rings (SSSR count). The van der Waals surface area contributed by atoms with E-state index >= 15 is 0 Å². The van der Waals surface area contributed by atoms with Crippen molar-refractivity contribution in [2.75, 3.05) is 43.6 Å². The van der Waals surface area contributed by atoms with Gasteiger partial charge < -0.3 is 61.0 Å². The first-order valence-corrected chi connectivity index (χ1v) is 29.0. The Kier molecular flexibility index (Phi) is 15.5. The van der Waals surface area contributed by atoms with Crippen LogP contribution < -0.4 is 39.6 Å². The number of aryl methyl sites for hydroxylation is 1. The topological polar surface area (TPSA) is 548 Å². The maximum Gasteiger partial charge on any atom is 0.472 e. The number of H-pyrrole nitrogens is 3. The third kappa shape index (κ3) is 11.7. The maximum absolute atomic E-state index is 14.0. The Morgan fingerprint density at radius 3 is 1.51 bits per heavy atom. The second-order valence-corrected chi connectivity index (χ2v) is 23.3. The minimum Gasteiger partial charge on any atom is -0.394 e. The van der Waals surface area contributed by atoms with Gasteiger partial charge in [-0.2, -0.15) is 9.97 Å². The average molecular weight is 1210 g/mol. The third-order valence-electron chi connectivity index (χ3n) is 13.6. The Balaban J connectivity index is 0.778. The number of aliphatic hydroxyl groups is 2. The SMILES string of the molecule is Cc1cn([C@H]2C[C@H](OP(=O)(O)OC[C@H]3O[C@@H](n4cnc5c(=O)[nH]c(N)nc54)C[C@@H]3O)[C@@H](COP(=O)(O)O[C@H]3C[C@H](n4cnc5c(N)ncnc54)O[C@@H]3COP(=O)(O)O[C@H]3C[C@H](n4cnc5c(=O)[nH]c(N)nc54)O[C@@H]3CO)O2)c(=O)[nH]c1=O. The summed E-state index contributed by atoms with van der Waals surface area (Å²) in [6.45, 7) is -1.93. The van der Waals surface area contributed by atoms with Crippen LogP contribution in [0, 0.1) is 6.92 Å². The molecule has 4 aliphatic heterocycles. The highest BCUT2D eigenvalue weighted by molar-refractivity contribution is 7.48. The van der Waals surface area contributed by atoms with Crippen LogP contribution in [0.25, 0.3) is 33.5 Å². The summed E-state index contributed by atoms with van der Waals surface area (Å²) in [5.41, 5.74) is 14.7. The smallest absolute Gasteiger partial charge is 0.394 e. The van der Waals surface area contributed by atoms with Gasteiger partial charge in [-0.05, 0) is 6.92 Å². The lowest BCUT2D eigenvalue weighted by molar-refractivity contribution is -0.0628. The molecule has 0 radical (unpaired) electrons. The molecule has 7 aromatic heterocycles. The van der Waals surface area contributed by atoms with Crippen molar-refractivity contribution in [2.24, 2.45) is 0 Å². The molecule has 4 fully saturated rings. The van der Waals surface area contributed by atoms with Crippen molar-refractivity contribution in [3.05, 3.63) is 78.6 Å². The van der Waals surface area contributed by atoms with Crippen LogP contribution in [0.2, 0.25) is 0 Å². The Morgan fingerprint density at radius 1 is 0.573 bits per heavy atom. The highest BCUT2D eigenvalue weighted by atomic mass is 31.2. The van der Waals surface area contributed by atoms with Gasteiger partial charge in [0.05, 0.1) is 51.5 Å². The first-order valence-electron chi connectivity index (χ1n) is 24.5. The van der Waals surface area contributed by atoms with Gasteiger partial charge in [-0.1, -0.05) is 0 Å². The molecule has 0 bridgehead atoms. The molecule has 7 aromatic rings. The van der Waals surface area contributed by atoms with Crippen LogP contribution in [0.4, 0.5) is 17.7 Å². The highest BCUT2D eigenvalue weighted by Gasteiger charge is 2.48. The van der Waals surface area contributed by atoms with Gasteiger partial charge in [-0.3, -0.25) is 74.7 Å². The standard InChI is InChI=1S/C40H50N17O22P3/c1-15-6-54(40(63)53-35(15)60)25-4-18(78-80(64,65)70-8-21-16(59)2-24(74-21)56-13-47-29-33(56)49-38(42)51-36(29)61)22(75-25)9-72-82(68,69)79-19-5-26(55-12-46-28-31(41)44-11-45-32(28)55)76-23(19)10-71-81(66,67)77-17-3-27(73-20(17)7-58)57-14-48-30-34(57)50-39(43)52-37(30)62/h6,11-14,16-27,58-59H,2-5,7-10H2,1H3,(H,64,65)(H,66,67)(H,68,69)(H2,41,44,45)(H,53,60,63)(H3,42,49,51,61)(H3,43,50,52,62)/t16-,17-,18-,19-,20+,21+,22+,23+,24+,25+,26+,27+/m0/s1. The summed E-state index contributed by atoms with van der Waals surface area (Å²) in [7, 11) is -15.8. The third-order valence-corrected chi connectivity index (χ3v) is 16.7. The van der Waals surface area contributed by atoms with Gasteiger partial charge in [0, 0.05) is 37.4 Å². The van der Waals surface area contributed by atoms with Crippen LogP contribution in [0.1, 0.15) is 56.2 Å². The summed E-state index contributed by atoms with van der Waals surface area (Å²) in [6, 6.07) is 0. The molecule has 3 unspecified atom stereocenters. The minimum atomic E-state index is -5.37. The number of imidazole rings is 3. The van der Waals surface area contributed by atoms with Crippen LogP contribution in [0.3, 0.4) is 0 Å². The monoisotopic (exact) mass is 1210 g/mol. The Hall–Kier alpha value is -6.58. The Labute approximate surface area is 455 Å². The molecule has 0 amide bonds. The zero-order valence-electron chi connectivity index (χ0n) is 42.1. The van der Waals surface area contributed by atoms with Gasteiger partial charge in [0.1, 0.15) is 79.5 Å². The van der Waals surface area contributed by atoms with E-state index in [4.69, 9.17) is 63.3 Å². The lowest BCUT2D eigenvalue weighted by Crippen LogP contribution is -2.33. The van der Waals surface area contributed by atoms with E-state index in [1.807, 2.05) is 0 Å². The van der Waals surface area contributed by atoms with Crippen LogP contribution in [-0.4, -0.2) is 168 Å². The zero-order chi connectivity index (χ0) is 58.2. The van der Waals surface area contributed by atoms with E-state index < -0.39 is 152 Å². The van der Waals surface area contributed by atoms with Crippen molar-refractivity contribution in [2.45, 2.75) is 106 Å². The molecule has 39 nitrogen and oxygen atoms in total. The Morgan fingerprint density at radius 2 is 1.00 bits per heavy atom. The quantitative estimate of drug-likeness (QED) is 0.0358. The van der Waals surface area contributed by atoms with E-state index in [0.717, 1.165) is 17.1 Å². The number of phosphoric acid groups is 3. The maximum atomic E-state index is 14.0. The number of aromatic nitrogens is 14. The molecule has 82 heavy (non-hydrogen) atoms. The van der Waals surface area contributed by atoms with Crippen molar-refractivity contribution >= 4 is 74.7 Å². The first kappa shape index (κ1) is 57.2. The number of nitrogens with one attached hydrogen (secondary N) is 3. The summed E-state index contributed by atoms with van der Waals surface area (Å²) in [5.74, 6) is -0.445. The van der Waals surface area contributed by atoms with Gasteiger partial charge in [0.15, 0.2) is 33.8 Å². The van der Waals surface area contributed by atoms with Gasteiger partial charge in [0.2, 0.25) is 11.9 Å². The van der Waals surface area contributed by atoms with Crippen molar-refractivity contribution in [1.29, 1.82) is 0 Å². The van der Waals surface area contributed by atoms with Gasteiger partial charge in [0.25, 0.3) is 16.7 Å². The number of fused-ring (bicyclic) bond motifs is 3. The molecule has 4 aliphatic rings. The van der Waals surface area contributed by atoms with Crippen LogP contribution in [0.15, 0.2) is 50.7 Å². The molecular formula is C40H50N17O22P3. The number of aliphatic hydroxyl groups excluding tert-OH is 2. The number of nitrogens with zero attached hydrogens (tertiary/aromatic N) is 11. The molecule has 0 aliphatic carbocycles. The lowest BCUT2D eigenvalue weighted by atomic mass is 10.2. The van der Waals surface area contributed by atoms with E-state index in [-0.39, 0.29) is 76.0 Å². The predicted octanol–water partition coefficient (Wildman–Crippen LogP) is -2.29. The molecule has 15 atom stereocenters. The van der Waals surface area contributed by atoms with Crippen LogP contribution in [0.5, 0.6) is 0 Å². The normalized spacial score (nSPS) is 29.0. The lowest BCUT2D eigenvalue weighted by Gasteiger charge is -2.25. The molecule has 11 heterocycles. The zero-order valence-corrected chi connectivity index (χ0v) is 44.8. The molecule has 0 spiro atoms. The van der Waals surface area contributed by atoms with Crippen molar-refractivity contribution in [1.82, 2.24) is 68.1 Å². The summed E-state index contributed by atoms with van der Waals surface area (Å²) >= 11 is 0. The van der Waals surface area contributed by atoms with Gasteiger partial charge in [-0.15, -0.1) is 0 Å². The largest absolute Gasteiger partial charge is 0.472 e. The fraction of sp³-hybridized carbons (Fsp3) is 0.525. The molecule has 0 aromatic carbocycles. The molecule has 442 valence electrons. The number of rotatable bonds is 20. The summed E-state index contributed by atoms with van der Waals surface area (Å²) in [5, 5.41) is 21.0. The van der Waals surface area contributed by atoms with Crippen molar-refractivity contribution < 1.29 is 84.7 Å². The van der Waals surface area contributed by atoms with Crippen LogP contribution >= 0.6 is 23.5 Å².